The van der Waals surface area contributed by atoms with E-state index in [4.69, 9.17) is 9.47 Å². The molecule has 0 radical (unpaired) electrons. The number of rotatable bonds is 6. The first-order valence-electron chi connectivity index (χ1n) is 8.56. The average Bonchev–Trinajstić information content (AvgIpc) is 2.63. The molecular weight excluding hydrogens is 318 g/mol. The summed E-state index contributed by atoms with van der Waals surface area (Å²) in [6.07, 6.45) is 1.85. The summed E-state index contributed by atoms with van der Waals surface area (Å²) in [6.45, 7) is 1.78. The average molecular weight is 341 g/mol. The second-order valence-corrected chi connectivity index (χ2v) is 6.20. The van der Waals surface area contributed by atoms with Gasteiger partial charge in [-0.15, -0.1) is 0 Å². The van der Waals surface area contributed by atoms with Gasteiger partial charge in [0, 0.05) is 24.8 Å². The molecule has 0 bridgehead atoms. The Bertz CT molecular complexity index is 696. The monoisotopic (exact) mass is 341 g/mol. The summed E-state index contributed by atoms with van der Waals surface area (Å²) in [6, 6.07) is 14.9. The van der Waals surface area contributed by atoms with Crippen LogP contribution in [0, 0.1) is 0 Å². The number of phenols is 1. The van der Waals surface area contributed by atoms with E-state index in [-0.39, 0.29) is 24.1 Å². The molecule has 0 aromatic heterocycles. The third kappa shape index (κ3) is 5.22. The second kappa shape index (κ2) is 8.53. The predicted molar refractivity (Wildman–Crippen MR) is 94.6 cm³/mol. The molecule has 132 valence electrons. The van der Waals surface area contributed by atoms with Gasteiger partial charge >= 0.3 is 0 Å². The molecule has 1 aliphatic heterocycles. The Balaban J connectivity index is 1.63. The number of ether oxygens (including phenoxy) is 2. The van der Waals surface area contributed by atoms with Crippen molar-refractivity contribution in [2.75, 3.05) is 13.2 Å². The molecule has 0 aliphatic carbocycles. The smallest absolute Gasteiger partial charge is 0.224 e. The number of hydrogen-bond acceptors (Lipinski definition) is 4. The van der Waals surface area contributed by atoms with E-state index in [1.165, 1.54) is 0 Å². The molecule has 0 saturated carbocycles. The maximum Gasteiger partial charge on any atom is 0.224 e. The molecule has 2 aromatic carbocycles. The molecule has 1 fully saturated rings. The fourth-order valence-corrected chi connectivity index (χ4v) is 2.87. The first-order valence-corrected chi connectivity index (χ1v) is 8.56. The lowest BCUT2D eigenvalue weighted by Gasteiger charge is -2.23. The van der Waals surface area contributed by atoms with Gasteiger partial charge in [0.25, 0.3) is 0 Å². The van der Waals surface area contributed by atoms with Crippen LogP contribution in [0.3, 0.4) is 0 Å². The van der Waals surface area contributed by atoms with Crippen molar-refractivity contribution in [2.24, 2.45) is 0 Å². The lowest BCUT2D eigenvalue weighted by Crippen LogP contribution is -2.39. The number of nitrogens with one attached hydrogen (secondary N) is 1. The van der Waals surface area contributed by atoms with Crippen molar-refractivity contribution in [3.05, 3.63) is 59.7 Å². The van der Waals surface area contributed by atoms with E-state index in [0.717, 1.165) is 18.4 Å². The van der Waals surface area contributed by atoms with Crippen LogP contribution >= 0.6 is 0 Å². The van der Waals surface area contributed by atoms with Crippen molar-refractivity contribution >= 4 is 5.91 Å². The van der Waals surface area contributed by atoms with Crippen LogP contribution in [-0.4, -0.2) is 30.3 Å². The van der Waals surface area contributed by atoms with Crippen molar-refractivity contribution in [1.29, 1.82) is 0 Å². The summed E-state index contributed by atoms with van der Waals surface area (Å²) >= 11 is 0. The van der Waals surface area contributed by atoms with Crippen LogP contribution in [0.5, 0.6) is 11.5 Å². The van der Waals surface area contributed by atoms with Crippen LogP contribution in [0.1, 0.15) is 24.0 Å². The van der Waals surface area contributed by atoms with Crippen LogP contribution in [-0.2, 0) is 22.6 Å². The van der Waals surface area contributed by atoms with Gasteiger partial charge in [0.1, 0.15) is 18.1 Å². The maximum atomic E-state index is 12.3. The minimum atomic E-state index is -0.0675. The van der Waals surface area contributed by atoms with Gasteiger partial charge in [0.2, 0.25) is 5.91 Å². The highest BCUT2D eigenvalue weighted by molar-refractivity contribution is 5.79. The van der Waals surface area contributed by atoms with Gasteiger partial charge in [-0.1, -0.05) is 30.3 Å². The number of phenolic OH excluding ortho intramolecular Hbond substituents is 1. The predicted octanol–water partition coefficient (Wildman–Crippen LogP) is 2.81. The maximum absolute atomic E-state index is 12.3. The molecule has 5 nitrogen and oxygen atoms in total. The van der Waals surface area contributed by atoms with Gasteiger partial charge < -0.3 is 19.9 Å². The molecule has 2 N–H and O–H groups in total. The number of hydrogen-bond donors (Lipinski definition) is 2. The SMILES string of the molecule is O=C(Cc1cc(O)ccc1OCc1ccccc1)NC1CCOCC1. The Morgan fingerprint density at radius 2 is 1.92 bits per heavy atom. The number of aromatic hydroxyl groups is 1. The van der Waals surface area contributed by atoms with Crippen molar-refractivity contribution in [2.45, 2.75) is 31.9 Å². The van der Waals surface area contributed by atoms with E-state index in [0.29, 0.717) is 31.1 Å². The van der Waals surface area contributed by atoms with E-state index >= 15 is 0 Å². The standard InChI is InChI=1S/C20H23NO4/c22-18-6-7-19(25-14-15-4-2-1-3-5-15)16(12-18)13-20(23)21-17-8-10-24-11-9-17/h1-7,12,17,22H,8-11,13-14H2,(H,21,23). The first kappa shape index (κ1) is 17.3. The van der Waals surface area contributed by atoms with Crippen LogP contribution in [0.2, 0.25) is 0 Å². The summed E-state index contributed by atoms with van der Waals surface area (Å²) in [5.74, 6) is 0.673. The normalized spacial score (nSPS) is 14.9. The number of benzene rings is 2. The summed E-state index contributed by atoms with van der Waals surface area (Å²) < 4.78 is 11.2. The number of carbonyl (C=O) groups is 1. The molecule has 25 heavy (non-hydrogen) atoms. The minimum absolute atomic E-state index is 0.0675. The van der Waals surface area contributed by atoms with E-state index < -0.39 is 0 Å². The molecule has 0 unspecified atom stereocenters. The molecule has 3 rings (SSSR count). The molecule has 1 amide bonds. The largest absolute Gasteiger partial charge is 0.508 e. The highest BCUT2D eigenvalue weighted by atomic mass is 16.5. The fourth-order valence-electron chi connectivity index (χ4n) is 2.87. The zero-order chi connectivity index (χ0) is 17.5. The minimum Gasteiger partial charge on any atom is -0.508 e. The van der Waals surface area contributed by atoms with Gasteiger partial charge in [-0.25, -0.2) is 0 Å². The highest BCUT2D eigenvalue weighted by Gasteiger charge is 2.17. The Morgan fingerprint density at radius 3 is 2.68 bits per heavy atom. The number of carbonyl (C=O) groups excluding carboxylic acids is 1. The van der Waals surface area contributed by atoms with E-state index in [9.17, 15) is 9.90 Å². The van der Waals surface area contributed by atoms with Gasteiger partial charge in [0.15, 0.2) is 0 Å². The Labute approximate surface area is 147 Å². The van der Waals surface area contributed by atoms with Gasteiger partial charge in [-0.05, 0) is 36.6 Å². The summed E-state index contributed by atoms with van der Waals surface area (Å²) in [7, 11) is 0. The lowest BCUT2D eigenvalue weighted by atomic mass is 10.1. The molecule has 1 heterocycles. The summed E-state index contributed by atoms with van der Waals surface area (Å²) in [5, 5.41) is 12.8. The Hall–Kier alpha value is -2.53. The second-order valence-electron chi connectivity index (χ2n) is 6.20. The van der Waals surface area contributed by atoms with Crippen molar-refractivity contribution in [3.63, 3.8) is 0 Å². The molecule has 5 heteroatoms. The first-order chi connectivity index (χ1) is 12.2. The molecule has 0 atom stereocenters. The highest BCUT2D eigenvalue weighted by Crippen LogP contribution is 2.25. The third-order valence-corrected chi connectivity index (χ3v) is 4.22. The lowest BCUT2D eigenvalue weighted by molar-refractivity contribution is -0.121. The van der Waals surface area contributed by atoms with Crippen molar-refractivity contribution < 1.29 is 19.4 Å². The van der Waals surface area contributed by atoms with Gasteiger partial charge in [0.05, 0.1) is 6.42 Å². The number of amides is 1. The molecular formula is C20H23NO4. The third-order valence-electron chi connectivity index (χ3n) is 4.22. The van der Waals surface area contributed by atoms with Crippen LogP contribution in [0.15, 0.2) is 48.5 Å². The molecule has 1 aliphatic rings. The quantitative estimate of drug-likeness (QED) is 0.848. The van der Waals surface area contributed by atoms with E-state index in [1.54, 1.807) is 18.2 Å². The Kier molecular flexibility index (Phi) is 5.90. The summed E-state index contributed by atoms with van der Waals surface area (Å²) in [4.78, 5) is 12.3. The van der Waals surface area contributed by atoms with E-state index in [1.807, 2.05) is 30.3 Å². The van der Waals surface area contributed by atoms with Crippen molar-refractivity contribution in [1.82, 2.24) is 5.32 Å². The van der Waals surface area contributed by atoms with Crippen LogP contribution in [0.4, 0.5) is 0 Å². The molecule has 0 spiro atoms. The fraction of sp³-hybridized carbons (Fsp3) is 0.350. The zero-order valence-corrected chi connectivity index (χ0v) is 14.1. The molecule has 2 aromatic rings. The zero-order valence-electron chi connectivity index (χ0n) is 14.1. The van der Waals surface area contributed by atoms with E-state index in [2.05, 4.69) is 5.32 Å². The van der Waals surface area contributed by atoms with Crippen molar-refractivity contribution in [3.8, 4) is 11.5 Å². The van der Waals surface area contributed by atoms with Crippen LogP contribution < -0.4 is 10.1 Å². The van der Waals surface area contributed by atoms with Gasteiger partial charge in [-0.2, -0.15) is 0 Å². The molecule has 1 saturated heterocycles. The summed E-state index contributed by atoms with van der Waals surface area (Å²) in [5.41, 5.74) is 1.73. The Morgan fingerprint density at radius 1 is 1.16 bits per heavy atom. The van der Waals surface area contributed by atoms with Gasteiger partial charge in [-0.3, -0.25) is 4.79 Å². The van der Waals surface area contributed by atoms with Crippen LogP contribution in [0.25, 0.3) is 0 Å². The topological polar surface area (TPSA) is 67.8 Å².